The van der Waals surface area contributed by atoms with Crippen molar-refractivity contribution in [1.29, 1.82) is 0 Å². The lowest BCUT2D eigenvalue weighted by molar-refractivity contribution is 0.211. The van der Waals surface area contributed by atoms with Crippen molar-refractivity contribution in [2.45, 2.75) is 20.3 Å². The molecule has 3 heteroatoms. The lowest BCUT2D eigenvalue weighted by Gasteiger charge is -1.95. The average Bonchev–Trinajstić information content (AvgIpc) is 1.87. The summed E-state index contributed by atoms with van der Waals surface area (Å²) in [6.07, 6.45) is 4.78. The van der Waals surface area contributed by atoms with Gasteiger partial charge in [0.1, 0.15) is 5.83 Å². The molecule has 0 heterocycles. The molecule has 11 heavy (non-hydrogen) atoms. The highest BCUT2D eigenvalue weighted by molar-refractivity contribution is 5.09. The second kappa shape index (κ2) is 5.92. The molecule has 0 spiro atoms. The molecule has 0 aliphatic heterocycles. The van der Waals surface area contributed by atoms with Crippen molar-refractivity contribution in [2.24, 2.45) is 5.92 Å². The number of allylic oxidation sites excluding steroid dienone is 3. The molecule has 2 nitrogen and oxygen atoms in total. The third-order valence-electron chi connectivity index (χ3n) is 1.09. The fourth-order valence-corrected chi connectivity index (χ4v) is 0.563. The van der Waals surface area contributed by atoms with E-state index in [0.29, 0.717) is 5.92 Å². The van der Waals surface area contributed by atoms with Crippen LogP contribution in [-0.4, -0.2) is 5.21 Å². The molecular formula is C8H14FNO. The Bertz CT molecular complexity index is 152. The van der Waals surface area contributed by atoms with Crippen molar-refractivity contribution >= 4 is 0 Å². The van der Waals surface area contributed by atoms with Crippen molar-refractivity contribution in [2.75, 3.05) is 0 Å². The summed E-state index contributed by atoms with van der Waals surface area (Å²) >= 11 is 0. The van der Waals surface area contributed by atoms with Crippen LogP contribution in [-0.2, 0) is 0 Å². The smallest absolute Gasteiger partial charge is 0.140 e. The normalized spacial score (nSPS) is 13.0. The van der Waals surface area contributed by atoms with Crippen LogP contribution in [0.15, 0.2) is 24.2 Å². The minimum atomic E-state index is -0.479. The van der Waals surface area contributed by atoms with Gasteiger partial charge in [-0.3, -0.25) is 10.7 Å². The molecule has 0 aromatic rings. The maximum absolute atomic E-state index is 12.4. The molecule has 2 N–H and O–H groups in total. The molecule has 64 valence electrons. The Hall–Kier alpha value is -0.830. The van der Waals surface area contributed by atoms with E-state index in [0.717, 1.165) is 12.6 Å². The van der Waals surface area contributed by atoms with Gasteiger partial charge < -0.3 is 0 Å². The molecule has 0 radical (unpaired) electrons. The van der Waals surface area contributed by atoms with Crippen LogP contribution in [0.4, 0.5) is 4.39 Å². The standard InChI is InChI=1S/C8H14FNO/c1-7(2)4-3-5-8(9)6-10-11/h3,5-7,10-11H,4H2,1-2H3/b5-3-,8-6+. The van der Waals surface area contributed by atoms with Gasteiger partial charge in [0.15, 0.2) is 0 Å². The van der Waals surface area contributed by atoms with Crippen LogP contribution in [0.25, 0.3) is 0 Å². The Labute approximate surface area is 66.4 Å². The predicted molar refractivity (Wildman–Crippen MR) is 42.7 cm³/mol. The Morgan fingerprint density at radius 2 is 2.27 bits per heavy atom. The second-order valence-electron chi connectivity index (χ2n) is 2.69. The monoisotopic (exact) mass is 159 g/mol. The van der Waals surface area contributed by atoms with Gasteiger partial charge in [-0.2, -0.15) is 0 Å². The fourth-order valence-electron chi connectivity index (χ4n) is 0.563. The Balaban J connectivity index is 3.65. The van der Waals surface area contributed by atoms with E-state index in [2.05, 4.69) is 13.8 Å². The predicted octanol–water partition coefficient (Wildman–Crippen LogP) is 2.38. The Morgan fingerprint density at radius 3 is 2.73 bits per heavy atom. The van der Waals surface area contributed by atoms with E-state index in [1.165, 1.54) is 6.08 Å². The van der Waals surface area contributed by atoms with Crippen LogP contribution in [0.3, 0.4) is 0 Å². The molecule has 0 aromatic heterocycles. The van der Waals surface area contributed by atoms with Crippen molar-refractivity contribution in [3.8, 4) is 0 Å². The third kappa shape index (κ3) is 7.06. The molecule has 0 saturated carbocycles. The molecule has 0 atom stereocenters. The summed E-state index contributed by atoms with van der Waals surface area (Å²) in [4.78, 5) is 0. The molecule has 0 saturated heterocycles. The van der Waals surface area contributed by atoms with Gasteiger partial charge in [0, 0.05) is 0 Å². The van der Waals surface area contributed by atoms with E-state index in [9.17, 15) is 4.39 Å². The lowest BCUT2D eigenvalue weighted by atomic mass is 10.1. The minimum absolute atomic E-state index is 0.479. The molecule has 0 amide bonds. The highest BCUT2D eigenvalue weighted by atomic mass is 19.1. The fraction of sp³-hybridized carbons (Fsp3) is 0.500. The largest absolute Gasteiger partial charge is 0.292 e. The summed E-state index contributed by atoms with van der Waals surface area (Å²) in [5.74, 6) is 0.0503. The Kier molecular flexibility index (Phi) is 5.47. The van der Waals surface area contributed by atoms with Gasteiger partial charge in [-0.25, -0.2) is 4.39 Å². The summed E-state index contributed by atoms with van der Waals surface area (Å²) in [5, 5.41) is 8.04. The average molecular weight is 159 g/mol. The van der Waals surface area contributed by atoms with E-state index in [4.69, 9.17) is 5.21 Å². The summed E-state index contributed by atoms with van der Waals surface area (Å²) in [6, 6.07) is 0. The quantitative estimate of drug-likeness (QED) is 0.487. The first kappa shape index (κ1) is 10.2. The minimum Gasteiger partial charge on any atom is -0.292 e. The first-order chi connectivity index (χ1) is 5.16. The third-order valence-corrected chi connectivity index (χ3v) is 1.09. The number of hydroxylamine groups is 1. The van der Waals surface area contributed by atoms with Crippen molar-refractivity contribution in [3.05, 3.63) is 24.2 Å². The van der Waals surface area contributed by atoms with Crippen molar-refractivity contribution < 1.29 is 9.60 Å². The molecular weight excluding hydrogens is 145 g/mol. The maximum atomic E-state index is 12.4. The highest BCUT2D eigenvalue weighted by Gasteiger charge is 1.88. The lowest BCUT2D eigenvalue weighted by Crippen LogP contribution is -1.93. The van der Waals surface area contributed by atoms with Gasteiger partial charge in [0.05, 0.1) is 6.20 Å². The number of nitrogens with one attached hydrogen (secondary N) is 1. The van der Waals surface area contributed by atoms with Gasteiger partial charge in [0.25, 0.3) is 0 Å². The molecule has 0 rings (SSSR count). The van der Waals surface area contributed by atoms with Gasteiger partial charge in [-0.05, 0) is 18.4 Å². The van der Waals surface area contributed by atoms with Crippen LogP contribution in [0.2, 0.25) is 0 Å². The molecule has 0 aromatic carbocycles. The van der Waals surface area contributed by atoms with E-state index in [-0.39, 0.29) is 0 Å². The van der Waals surface area contributed by atoms with Gasteiger partial charge in [0.2, 0.25) is 0 Å². The van der Waals surface area contributed by atoms with Crippen molar-refractivity contribution in [1.82, 2.24) is 5.48 Å². The molecule has 0 fully saturated rings. The van der Waals surface area contributed by atoms with Gasteiger partial charge in [-0.1, -0.05) is 19.9 Å². The molecule has 0 unspecified atom stereocenters. The number of hydrogen-bond acceptors (Lipinski definition) is 2. The maximum Gasteiger partial charge on any atom is 0.140 e. The summed E-state index contributed by atoms with van der Waals surface area (Å²) in [7, 11) is 0. The van der Waals surface area contributed by atoms with E-state index < -0.39 is 5.83 Å². The van der Waals surface area contributed by atoms with E-state index in [1.807, 2.05) is 0 Å². The van der Waals surface area contributed by atoms with Crippen LogP contribution >= 0.6 is 0 Å². The second-order valence-corrected chi connectivity index (χ2v) is 2.69. The van der Waals surface area contributed by atoms with Gasteiger partial charge >= 0.3 is 0 Å². The SMILES string of the molecule is CC(C)C/C=C\C(F)=C/NO. The van der Waals surface area contributed by atoms with E-state index in [1.54, 1.807) is 11.6 Å². The molecule has 0 aliphatic carbocycles. The highest BCUT2D eigenvalue weighted by Crippen LogP contribution is 2.03. The zero-order valence-corrected chi connectivity index (χ0v) is 6.84. The van der Waals surface area contributed by atoms with Crippen LogP contribution < -0.4 is 5.48 Å². The summed E-state index contributed by atoms with van der Waals surface area (Å²) in [6.45, 7) is 4.10. The zero-order chi connectivity index (χ0) is 8.69. The van der Waals surface area contributed by atoms with Crippen LogP contribution in [0, 0.1) is 5.92 Å². The van der Waals surface area contributed by atoms with Crippen molar-refractivity contribution in [3.63, 3.8) is 0 Å². The first-order valence-corrected chi connectivity index (χ1v) is 3.58. The molecule has 0 bridgehead atoms. The first-order valence-electron chi connectivity index (χ1n) is 3.58. The number of hydrogen-bond donors (Lipinski definition) is 2. The number of halogens is 1. The van der Waals surface area contributed by atoms with Crippen LogP contribution in [0.1, 0.15) is 20.3 Å². The Morgan fingerprint density at radius 1 is 1.64 bits per heavy atom. The molecule has 0 aliphatic rings. The zero-order valence-electron chi connectivity index (χ0n) is 6.84. The topological polar surface area (TPSA) is 32.3 Å². The summed E-state index contributed by atoms with van der Waals surface area (Å²) < 4.78 is 12.4. The van der Waals surface area contributed by atoms with E-state index >= 15 is 0 Å². The number of rotatable bonds is 4. The van der Waals surface area contributed by atoms with Gasteiger partial charge in [-0.15, -0.1) is 0 Å². The van der Waals surface area contributed by atoms with Crippen LogP contribution in [0.5, 0.6) is 0 Å². The summed E-state index contributed by atoms with van der Waals surface area (Å²) in [5.41, 5.74) is 1.62.